The summed E-state index contributed by atoms with van der Waals surface area (Å²) < 4.78 is 0. The molecular formula is C16H17ClN2. The molecule has 19 heavy (non-hydrogen) atoms. The summed E-state index contributed by atoms with van der Waals surface area (Å²) >= 11 is 6.03. The predicted molar refractivity (Wildman–Crippen MR) is 78.6 cm³/mol. The molecule has 0 fully saturated rings. The van der Waals surface area contributed by atoms with Crippen molar-refractivity contribution in [3.05, 3.63) is 64.4 Å². The molecule has 1 heterocycles. The average molecular weight is 273 g/mol. The van der Waals surface area contributed by atoms with Crippen molar-refractivity contribution in [2.24, 2.45) is 0 Å². The number of nitrogens with one attached hydrogen (secondary N) is 1. The largest absolute Gasteiger partial charge is 0.313 e. The van der Waals surface area contributed by atoms with Crippen LogP contribution in [0.1, 0.15) is 16.7 Å². The Morgan fingerprint density at radius 2 is 1.89 bits per heavy atom. The lowest BCUT2D eigenvalue weighted by Gasteiger charge is -2.11. The number of aromatic nitrogens is 1. The van der Waals surface area contributed by atoms with Gasteiger partial charge >= 0.3 is 0 Å². The summed E-state index contributed by atoms with van der Waals surface area (Å²) in [5, 5.41) is 4.48. The molecule has 1 aromatic carbocycles. The van der Waals surface area contributed by atoms with E-state index in [0.29, 0.717) is 6.04 Å². The van der Waals surface area contributed by atoms with Gasteiger partial charge in [0.25, 0.3) is 0 Å². The highest BCUT2D eigenvalue weighted by atomic mass is 35.5. The molecule has 0 saturated carbocycles. The fraction of sp³-hybridized carbons (Fsp3) is 0.312. The maximum absolute atomic E-state index is 6.03. The maximum Gasteiger partial charge on any atom is 0.0408 e. The highest BCUT2D eigenvalue weighted by Gasteiger charge is 2.20. The van der Waals surface area contributed by atoms with Gasteiger partial charge in [0.1, 0.15) is 0 Å². The minimum atomic E-state index is 0.551. The Bertz CT molecular complexity index is 554. The number of fused-ring (bicyclic) bond motifs is 1. The maximum atomic E-state index is 6.03. The highest BCUT2D eigenvalue weighted by molar-refractivity contribution is 6.30. The van der Waals surface area contributed by atoms with E-state index in [-0.39, 0.29) is 0 Å². The monoisotopic (exact) mass is 272 g/mol. The van der Waals surface area contributed by atoms with Gasteiger partial charge in [0, 0.05) is 23.5 Å². The molecule has 1 atom stereocenters. The molecule has 1 aliphatic rings. The van der Waals surface area contributed by atoms with Crippen LogP contribution in [0.25, 0.3) is 0 Å². The molecule has 0 amide bonds. The molecule has 0 bridgehead atoms. The number of hydrogen-bond acceptors (Lipinski definition) is 2. The molecule has 0 radical (unpaired) electrons. The number of benzene rings is 1. The van der Waals surface area contributed by atoms with Crippen LogP contribution in [0.15, 0.2) is 42.7 Å². The number of rotatable bonds is 4. The van der Waals surface area contributed by atoms with Crippen LogP contribution in [-0.4, -0.2) is 17.6 Å². The molecule has 2 nitrogen and oxygen atoms in total. The second kappa shape index (κ2) is 5.72. The average Bonchev–Trinajstić information content (AvgIpc) is 2.82. The summed E-state index contributed by atoms with van der Waals surface area (Å²) in [5.41, 5.74) is 4.17. The Morgan fingerprint density at radius 1 is 1.11 bits per heavy atom. The van der Waals surface area contributed by atoms with E-state index >= 15 is 0 Å². The van der Waals surface area contributed by atoms with Crippen molar-refractivity contribution in [2.45, 2.75) is 25.3 Å². The van der Waals surface area contributed by atoms with Gasteiger partial charge < -0.3 is 5.32 Å². The number of hydrogen-bond donors (Lipinski definition) is 1. The fourth-order valence-corrected chi connectivity index (χ4v) is 2.90. The van der Waals surface area contributed by atoms with Crippen molar-refractivity contribution in [1.82, 2.24) is 10.3 Å². The Balaban J connectivity index is 1.51. The van der Waals surface area contributed by atoms with E-state index in [4.69, 9.17) is 11.6 Å². The summed E-state index contributed by atoms with van der Waals surface area (Å²) in [6.07, 6.45) is 6.96. The number of halogens is 1. The molecule has 0 aliphatic heterocycles. The van der Waals surface area contributed by atoms with Crippen molar-refractivity contribution in [1.29, 1.82) is 0 Å². The van der Waals surface area contributed by atoms with Crippen LogP contribution in [0.2, 0.25) is 5.02 Å². The molecule has 0 saturated heterocycles. The third-order valence-corrected chi connectivity index (χ3v) is 3.93. The molecule has 1 unspecified atom stereocenters. The van der Waals surface area contributed by atoms with Crippen molar-refractivity contribution in [3.8, 4) is 0 Å². The van der Waals surface area contributed by atoms with Crippen LogP contribution in [0.5, 0.6) is 0 Å². The Labute approximate surface area is 118 Å². The van der Waals surface area contributed by atoms with Gasteiger partial charge in [-0.1, -0.05) is 17.7 Å². The second-order valence-corrected chi connectivity index (χ2v) is 5.51. The number of nitrogens with zero attached hydrogens (tertiary/aromatic N) is 1. The van der Waals surface area contributed by atoms with Gasteiger partial charge in [0.05, 0.1) is 0 Å². The first kappa shape index (κ1) is 12.6. The zero-order valence-electron chi connectivity index (χ0n) is 10.8. The third kappa shape index (κ3) is 3.14. The van der Waals surface area contributed by atoms with Gasteiger partial charge in [-0.2, -0.15) is 0 Å². The molecule has 1 aliphatic carbocycles. The quantitative estimate of drug-likeness (QED) is 0.925. The molecule has 3 rings (SSSR count). The van der Waals surface area contributed by atoms with E-state index in [0.717, 1.165) is 30.8 Å². The standard InChI is InChI=1S/C16H17ClN2/c17-15-2-1-13-10-16(11-14(13)9-15)19-8-5-12-3-6-18-7-4-12/h1-4,6-7,9,16,19H,5,8,10-11H2. The topological polar surface area (TPSA) is 24.9 Å². The van der Waals surface area contributed by atoms with Crippen molar-refractivity contribution < 1.29 is 0 Å². The first-order chi connectivity index (χ1) is 9.31. The minimum absolute atomic E-state index is 0.551. The lowest BCUT2D eigenvalue weighted by Crippen LogP contribution is -2.31. The van der Waals surface area contributed by atoms with Crippen LogP contribution in [0.4, 0.5) is 0 Å². The van der Waals surface area contributed by atoms with E-state index < -0.39 is 0 Å². The van der Waals surface area contributed by atoms with Crippen LogP contribution in [-0.2, 0) is 19.3 Å². The van der Waals surface area contributed by atoms with Gasteiger partial charge in [-0.3, -0.25) is 4.98 Å². The Hall–Kier alpha value is -1.38. The van der Waals surface area contributed by atoms with Crippen molar-refractivity contribution in [2.75, 3.05) is 6.54 Å². The van der Waals surface area contributed by atoms with Crippen LogP contribution < -0.4 is 5.32 Å². The van der Waals surface area contributed by atoms with Crippen LogP contribution in [0.3, 0.4) is 0 Å². The van der Waals surface area contributed by atoms with E-state index in [9.17, 15) is 0 Å². The third-order valence-electron chi connectivity index (χ3n) is 3.70. The van der Waals surface area contributed by atoms with Gasteiger partial charge in [0.15, 0.2) is 0 Å². The smallest absolute Gasteiger partial charge is 0.0408 e. The summed E-state index contributed by atoms with van der Waals surface area (Å²) in [6, 6.07) is 10.9. The number of pyridine rings is 1. The summed E-state index contributed by atoms with van der Waals surface area (Å²) in [6.45, 7) is 1.01. The summed E-state index contributed by atoms with van der Waals surface area (Å²) in [7, 11) is 0. The van der Waals surface area contributed by atoms with Crippen molar-refractivity contribution in [3.63, 3.8) is 0 Å². The van der Waals surface area contributed by atoms with Crippen LogP contribution in [0, 0.1) is 0 Å². The first-order valence-corrected chi connectivity index (χ1v) is 7.08. The molecule has 3 heteroatoms. The summed E-state index contributed by atoms with van der Waals surface area (Å²) in [5.74, 6) is 0. The molecular weight excluding hydrogens is 256 g/mol. The molecule has 2 aromatic rings. The van der Waals surface area contributed by atoms with E-state index in [1.165, 1.54) is 16.7 Å². The normalized spacial score (nSPS) is 17.4. The lowest BCUT2D eigenvalue weighted by atomic mass is 10.1. The van der Waals surface area contributed by atoms with Gasteiger partial charge in [-0.05, 0) is 66.8 Å². The van der Waals surface area contributed by atoms with Gasteiger partial charge in [0.2, 0.25) is 0 Å². The second-order valence-electron chi connectivity index (χ2n) is 5.08. The summed E-state index contributed by atoms with van der Waals surface area (Å²) in [4.78, 5) is 4.03. The van der Waals surface area contributed by atoms with Gasteiger partial charge in [-0.25, -0.2) is 0 Å². The van der Waals surface area contributed by atoms with E-state index in [1.54, 1.807) is 0 Å². The lowest BCUT2D eigenvalue weighted by molar-refractivity contribution is 0.536. The van der Waals surface area contributed by atoms with Crippen LogP contribution >= 0.6 is 11.6 Å². The molecule has 1 aromatic heterocycles. The SMILES string of the molecule is Clc1ccc2c(c1)CC(NCCc1ccncc1)C2. The zero-order valence-corrected chi connectivity index (χ0v) is 11.5. The first-order valence-electron chi connectivity index (χ1n) is 6.71. The molecule has 98 valence electrons. The van der Waals surface area contributed by atoms with E-state index in [1.807, 2.05) is 18.5 Å². The Morgan fingerprint density at radius 3 is 2.74 bits per heavy atom. The van der Waals surface area contributed by atoms with Gasteiger partial charge in [-0.15, -0.1) is 0 Å². The Kier molecular flexibility index (Phi) is 3.81. The fourth-order valence-electron chi connectivity index (χ4n) is 2.70. The zero-order chi connectivity index (χ0) is 13.1. The van der Waals surface area contributed by atoms with Crippen molar-refractivity contribution >= 4 is 11.6 Å². The minimum Gasteiger partial charge on any atom is -0.313 e. The molecule has 0 spiro atoms. The molecule has 1 N–H and O–H groups in total. The van der Waals surface area contributed by atoms with E-state index in [2.05, 4.69) is 34.6 Å². The predicted octanol–water partition coefficient (Wildman–Crippen LogP) is 3.03. The highest BCUT2D eigenvalue weighted by Crippen LogP contribution is 2.25.